The standard InChI is InChI=1S/C12H14O3/c1-2-3-9-10-6-8(7-13)15-12(10)5-4-11(9)14/h2,4-5,8,13-14H,1,3,6-7H2. The molecular formula is C12H14O3. The number of benzene rings is 1. The third kappa shape index (κ3) is 1.70. The molecule has 1 unspecified atom stereocenters. The Morgan fingerprint density at radius 1 is 1.53 bits per heavy atom. The SMILES string of the molecule is C=CCc1c(O)ccc2c1CC(CO)O2. The Balaban J connectivity index is 2.40. The second kappa shape index (κ2) is 3.95. The van der Waals surface area contributed by atoms with Gasteiger partial charge in [0.1, 0.15) is 17.6 Å². The average molecular weight is 206 g/mol. The number of hydrogen-bond donors (Lipinski definition) is 2. The summed E-state index contributed by atoms with van der Waals surface area (Å²) in [6.07, 6.45) is 2.85. The number of ether oxygens (including phenoxy) is 1. The van der Waals surface area contributed by atoms with Crippen molar-refractivity contribution < 1.29 is 14.9 Å². The molecule has 1 aromatic rings. The molecule has 1 aliphatic heterocycles. The van der Waals surface area contributed by atoms with E-state index in [9.17, 15) is 5.11 Å². The van der Waals surface area contributed by atoms with Crippen LogP contribution in [0.3, 0.4) is 0 Å². The van der Waals surface area contributed by atoms with Gasteiger partial charge < -0.3 is 14.9 Å². The van der Waals surface area contributed by atoms with Gasteiger partial charge in [-0.1, -0.05) is 6.08 Å². The van der Waals surface area contributed by atoms with E-state index in [4.69, 9.17) is 9.84 Å². The molecule has 0 amide bonds. The average Bonchev–Trinajstić information content (AvgIpc) is 2.66. The molecule has 15 heavy (non-hydrogen) atoms. The van der Waals surface area contributed by atoms with Crippen molar-refractivity contribution in [3.8, 4) is 11.5 Å². The summed E-state index contributed by atoms with van der Waals surface area (Å²) in [5.74, 6) is 1.04. The van der Waals surface area contributed by atoms with Crippen LogP contribution in [-0.2, 0) is 12.8 Å². The van der Waals surface area contributed by atoms with E-state index in [1.807, 2.05) is 0 Å². The van der Waals surface area contributed by atoms with E-state index in [0.29, 0.717) is 12.8 Å². The summed E-state index contributed by atoms with van der Waals surface area (Å²) in [5, 5.41) is 18.7. The lowest BCUT2D eigenvalue weighted by molar-refractivity contribution is 0.134. The fourth-order valence-electron chi connectivity index (χ4n) is 1.92. The molecule has 1 heterocycles. The lowest BCUT2D eigenvalue weighted by Gasteiger charge is -2.06. The normalized spacial score (nSPS) is 18.3. The third-order valence-corrected chi connectivity index (χ3v) is 2.64. The molecule has 0 saturated carbocycles. The molecule has 3 nitrogen and oxygen atoms in total. The van der Waals surface area contributed by atoms with Crippen LogP contribution in [0, 0.1) is 0 Å². The second-order valence-corrected chi connectivity index (χ2v) is 3.66. The minimum absolute atomic E-state index is 0.00295. The molecule has 1 aromatic carbocycles. The van der Waals surface area contributed by atoms with Crippen molar-refractivity contribution in [1.29, 1.82) is 0 Å². The highest BCUT2D eigenvalue weighted by Crippen LogP contribution is 2.36. The van der Waals surface area contributed by atoms with E-state index in [0.717, 1.165) is 16.9 Å². The van der Waals surface area contributed by atoms with Gasteiger partial charge in [-0.05, 0) is 18.6 Å². The first-order valence-corrected chi connectivity index (χ1v) is 4.98. The van der Waals surface area contributed by atoms with Crippen molar-refractivity contribution in [2.24, 2.45) is 0 Å². The fourth-order valence-corrected chi connectivity index (χ4v) is 1.92. The summed E-state index contributed by atoms with van der Waals surface area (Å²) in [5.41, 5.74) is 1.85. The van der Waals surface area contributed by atoms with Crippen LogP contribution in [0.15, 0.2) is 24.8 Å². The van der Waals surface area contributed by atoms with Gasteiger partial charge in [-0.3, -0.25) is 0 Å². The highest BCUT2D eigenvalue weighted by Gasteiger charge is 2.25. The topological polar surface area (TPSA) is 49.7 Å². The summed E-state index contributed by atoms with van der Waals surface area (Å²) < 4.78 is 5.50. The van der Waals surface area contributed by atoms with E-state index in [-0.39, 0.29) is 18.5 Å². The molecule has 2 N–H and O–H groups in total. The van der Waals surface area contributed by atoms with E-state index >= 15 is 0 Å². The molecule has 0 aromatic heterocycles. The number of phenols is 1. The van der Waals surface area contributed by atoms with Gasteiger partial charge in [0.25, 0.3) is 0 Å². The molecule has 80 valence electrons. The Morgan fingerprint density at radius 3 is 3.00 bits per heavy atom. The highest BCUT2D eigenvalue weighted by molar-refractivity contribution is 5.51. The number of hydrogen-bond acceptors (Lipinski definition) is 3. The van der Waals surface area contributed by atoms with Gasteiger partial charge in [0.2, 0.25) is 0 Å². The van der Waals surface area contributed by atoms with Crippen LogP contribution < -0.4 is 4.74 Å². The molecule has 0 spiro atoms. The Bertz CT molecular complexity index is 385. The monoisotopic (exact) mass is 206 g/mol. The van der Waals surface area contributed by atoms with Crippen LogP contribution in [0.4, 0.5) is 0 Å². The quantitative estimate of drug-likeness (QED) is 0.735. The molecule has 3 heteroatoms. The summed E-state index contributed by atoms with van der Waals surface area (Å²) in [6, 6.07) is 3.37. The lowest BCUT2D eigenvalue weighted by Crippen LogP contribution is -2.17. The Hall–Kier alpha value is -1.48. The zero-order valence-corrected chi connectivity index (χ0v) is 8.44. The summed E-state index contributed by atoms with van der Waals surface area (Å²) in [7, 11) is 0. The maximum absolute atomic E-state index is 9.70. The lowest BCUT2D eigenvalue weighted by atomic mass is 9.99. The van der Waals surface area contributed by atoms with Gasteiger partial charge >= 0.3 is 0 Å². The largest absolute Gasteiger partial charge is 0.508 e. The Morgan fingerprint density at radius 2 is 2.33 bits per heavy atom. The zero-order chi connectivity index (χ0) is 10.8. The minimum atomic E-state index is -0.176. The van der Waals surface area contributed by atoms with Gasteiger partial charge in [-0.15, -0.1) is 6.58 Å². The third-order valence-electron chi connectivity index (χ3n) is 2.64. The molecule has 1 aliphatic rings. The second-order valence-electron chi connectivity index (χ2n) is 3.66. The summed E-state index contributed by atoms with van der Waals surface area (Å²) in [6.45, 7) is 3.66. The van der Waals surface area contributed by atoms with Crippen molar-refractivity contribution in [3.05, 3.63) is 35.9 Å². The van der Waals surface area contributed by atoms with Crippen LogP contribution >= 0.6 is 0 Å². The number of fused-ring (bicyclic) bond motifs is 1. The van der Waals surface area contributed by atoms with Crippen molar-refractivity contribution in [1.82, 2.24) is 0 Å². The molecule has 1 atom stereocenters. The van der Waals surface area contributed by atoms with Crippen LogP contribution in [0.1, 0.15) is 11.1 Å². The van der Waals surface area contributed by atoms with Crippen LogP contribution in [0.25, 0.3) is 0 Å². The first kappa shape index (κ1) is 10.1. The smallest absolute Gasteiger partial charge is 0.126 e. The minimum Gasteiger partial charge on any atom is -0.508 e. The number of aliphatic hydroxyl groups excluding tert-OH is 1. The molecular weight excluding hydrogens is 192 g/mol. The van der Waals surface area contributed by atoms with E-state index in [1.165, 1.54) is 0 Å². The fraction of sp³-hybridized carbons (Fsp3) is 0.333. The first-order chi connectivity index (χ1) is 7.26. The maximum Gasteiger partial charge on any atom is 0.126 e. The van der Waals surface area contributed by atoms with Gasteiger partial charge in [0.05, 0.1) is 6.61 Å². The summed E-state index contributed by atoms with van der Waals surface area (Å²) in [4.78, 5) is 0. The van der Waals surface area contributed by atoms with Gasteiger partial charge in [-0.2, -0.15) is 0 Å². The van der Waals surface area contributed by atoms with Crippen molar-refractivity contribution in [3.63, 3.8) is 0 Å². The van der Waals surface area contributed by atoms with Crippen molar-refractivity contribution in [2.75, 3.05) is 6.61 Å². The number of allylic oxidation sites excluding steroid dienone is 1. The zero-order valence-electron chi connectivity index (χ0n) is 8.44. The van der Waals surface area contributed by atoms with Crippen LogP contribution in [-0.4, -0.2) is 22.9 Å². The predicted molar refractivity (Wildman–Crippen MR) is 57.2 cm³/mol. The molecule has 2 rings (SSSR count). The van der Waals surface area contributed by atoms with Crippen LogP contribution in [0.2, 0.25) is 0 Å². The number of aromatic hydroxyl groups is 1. The van der Waals surface area contributed by atoms with Crippen LogP contribution in [0.5, 0.6) is 11.5 Å². The predicted octanol–water partition coefficient (Wildman–Crippen LogP) is 1.42. The maximum atomic E-state index is 9.70. The van der Waals surface area contributed by atoms with E-state index < -0.39 is 0 Å². The van der Waals surface area contributed by atoms with Gasteiger partial charge in [-0.25, -0.2) is 0 Å². The van der Waals surface area contributed by atoms with Crippen molar-refractivity contribution >= 4 is 0 Å². The molecule has 0 radical (unpaired) electrons. The van der Waals surface area contributed by atoms with E-state index in [2.05, 4.69) is 6.58 Å². The van der Waals surface area contributed by atoms with Gasteiger partial charge in [0.15, 0.2) is 0 Å². The number of aliphatic hydroxyl groups is 1. The molecule has 0 fully saturated rings. The molecule has 0 saturated heterocycles. The molecule has 0 bridgehead atoms. The highest BCUT2D eigenvalue weighted by atomic mass is 16.5. The Labute approximate surface area is 88.6 Å². The Kier molecular flexibility index (Phi) is 2.64. The molecule has 0 aliphatic carbocycles. The first-order valence-electron chi connectivity index (χ1n) is 4.98. The van der Waals surface area contributed by atoms with E-state index in [1.54, 1.807) is 18.2 Å². The van der Waals surface area contributed by atoms with Gasteiger partial charge in [0, 0.05) is 17.5 Å². The van der Waals surface area contributed by atoms with Crippen molar-refractivity contribution in [2.45, 2.75) is 18.9 Å². The number of rotatable bonds is 3. The number of phenolic OH excluding ortho intramolecular Hbond substituents is 1. The summed E-state index contributed by atoms with van der Waals surface area (Å²) >= 11 is 0.